The number of aryl methyl sites for hydroxylation is 1. The van der Waals surface area contributed by atoms with Gasteiger partial charge in [0.1, 0.15) is 5.76 Å². The molecule has 0 aromatic carbocycles. The summed E-state index contributed by atoms with van der Waals surface area (Å²) in [4.78, 5) is 10.8. The molecular weight excluding hydrogens is 212 g/mol. The van der Waals surface area contributed by atoms with Gasteiger partial charge >= 0.3 is 0 Å². The van der Waals surface area contributed by atoms with Crippen molar-refractivity contribution in [2.75, 3.05) is 0 Å². The van der Waals surface area contributed by atoms with Crippen LogP contribution in [0.1, 0.15) is 18.2 Å². The van der Waals surface area contributed by atoms with Gasteiger partial charge < -0.3 is 15.9 Å². The molecule has 84 valence electrons. The third-order valence-electron chi connectivity index (χ3n) is 2.28. The van der Waals surface area contributed by atoms with Crippen LogP contribution < -0.4 is 11.5 Å². The van der Waals surface area contributed by atoms with Gasteiger partial charge in [-0.05, 0) is 18.6 Å². The molecule has 0 saturated heterocycles. The van der Waals surface area contributed by atoms with Crippen molar-refractivity contribution in [1.82, 2.24) is 0 Å². The number of hydrogen-bond acceptors (Lipinski definition) is 4. The lowest BCUT2D eigenvalue weighted by Gasteiger charge is -2.15. The lowest BCUT2D eigenvalue weighted by Crippen LogP contribution is -2.43. The topological polar surface area (TPSA) is 82.2 Å². The van der Waals surface area contributed by atoms with Gasteiger partial charge in [0, 0.05) is 5.25 Å². The molecule has 0 spiro atoms. The molecule has 15 heavy (non-hydrogen) atoms. The monoisotopic (exact) mass is 228 g/mol. The summed E-state index contributed by atoms with van der Waals surface area (Å²) in [5.41, 5.74) is 11.8. The third kappa shape index (κ3) is 3.28. The van der Waals surface area contributed by atoms with Crippen molar-refractivity contribution in [2.45, 2.75) is 30.9 Å². The molecule has 0 fully saturated rings. The van der Waals surface area contributed by atoms with Crippen molar-refractivity contribution in [3.8, 4) is 0 Å². The van der Waals surface area contributed by atoms with E-state index in [-0.39, 0.29) is 5.25 Å². The maximum Gasteiger partial charge on any atom is 0.235 e. The van der Waals surface area contributed by atoms with Crippen LogP contribution in [0, 0.1) is 6.92 Å². The van der Waals surface area contributed by atoms with Crippen molar-refractivity contribution in [3.05, 3.63) is 23.7 Å². The van der Waals surface area contributed by atoms with E-state index in [4.69, 9.17) is 15.9 Å². The molecule has 5 heteroatoms. The summed E-state index contributed by atoms with van der Waals surface area (Å²) in [6.07, 6.45) is 1.66. The molecule has 1 rings (SSSR count). The molecule has 0 radical (unpaired) electrons. The first-order valence-corrected chi connectivity index (χ1v) is 5.76. The Labute approximate surface area is 93.4 Å². The fourth-order valence-corrected chi connectivity index (χ4v) is 2.15. The molecule has 4 N–H and O–H groups in total. The number of furan rings is 1. The van der Waals surface area contributed by atoms with Crippen LogP contribution in [0.2, 0.25) is 0 Å². The van der Waals surface area contributed by atoms with Gasteiger partial charge in [-0.15, -0.1) is 11.8 Å². The second-order valence-corrected chi connectivity index (χ2v) is 4.84. The zero-order chi connectivity index (χ0) is 11.4. The van der Waals surface area contributed by atoms with E-state index in [1.165, 1.54) is 0 Å². The number of primary amides is 1. The first-order chi connectivity index (χ1) is 7.02. The smallest absolute Gasteiger partial charge is 0.235 e. The van der Waals surface area contributed by atoms with Crippen LogP contribution >= 0.6 is 11.8 Å². The standard InChI is InChI=1S/C10H16N2O2S/c1-6-3-4-14-8(6)5-15-7(2)9(11)10(12)13/h3-4,7,9H,5,11H2,1-2H3,(H2,12,13). The fraction of sp³-hybridized carbons (Fsp3) is 0.500. The summed E-state index contributed by atoms with van der Waals surface area (Å²) in [5, 5.41) is -0.00741. The number of hydrogen-bond donors (Lipinski definition) is 2. The van der Waals surface area contributed by atoms with Gasteiger partial charge in [0.25, 0.3) is 0 Å². The van der Waals surface area contributed by atoms with Gasteiger partial charge in [-0.25, -0.2) is 0 Å². The molecule has 1 heterocycles. The number of carbonyl (C=O) groups excluding carboxylic acids is 1. The van der Waals surface area contributed by atoms with Gasteiger partial charge in [-0.1, -0.05) is 6.92 Å². The largest absolute Gasteiger partial charge is 0.468 e. The minimum absolute atomic E-state index is 0.00741. The Morgan fingerprint density at radius 2 is 2.33 bits per heavy atom. The summed E-state index contributed by atoms with van der Waals surface area (Å²) in [5.74, 6) is 1.16. The Morgan fingerprint density at radius 1 is 1.67 bits per heavy atom. The van der Waals surface area contributed by atoms with E-state index in [0.717, 1.165) is 11.3 Å². The van der Waals surface area contributed by atoms with Crippen molar-refractivity contribution in [2.24, 2.45) is 11.5 Å². The second-order valence-electron chi connectivity index (χ2n) is 3.47. The van der Waals surface area contributed by atoms with E-state index in [0.29, 0.717) is 5.75 Å². The Hall–Kier alpha value is -0.940. The maximum absolute atomic E-state index is 10.8. The van der Waals surface area contributed by atoms with Gasteiger partial charge in [-0.3, -0.25) is 4.79 Å². The Balaban J connectivity index is 2.44. The van der Waals surface area contributed by atoms with Crippen LogP contribution in [-0.2, 0) is 10.5 Å². The highest BCUT2D eigenvalue weighted by Crippen LogP contribution is 2.22. The molecule has 2 atom stereocenters. The number of rotatable bonds is 5. The molecule has 4 nitrogen and oxygen atoms in total. The minimum atomic E-state index is -0.606. The Bertz CT molecular complexity index is 338. The molecule has 0 saturated carbocycles. The summed E-state index contributed by atoms with van der Waals surface area (Å²) >= 11 is 1.57. The van der Waals surface area contributed by atoms with E-state index in [9.17, 15) is 4.79 Å². The molecule has 0 bridgehead atoms. The molecule has 0 aliphatic rings. The first-order valence-electron chi connectivity index (χ1n) is 4.72. The Kier molecular flexibility index (Phi) is 4.23. The SMILES string of the molecule is Cc1ccoc1CSC(C)C(N)C(N)=O. The molecule has 0 aliphatic heterocycles. The normalized spacial score (nSPS) is 14.9. The second kappa shape index (κ2) is 5.23. The highest BCUT2D eigenvalue weighted by atomic mass is 32.2. The van der Waals surface area contributed by atoms with Crippen LogP contribution in [0.5, 0.6) is 0 Å². The van der Waals surface area contributed by atoms with Crippen LogP contribution in [0.4, 0.5) is 0 Å². The lowest BCUT2D eigenvalue weighted by atomic mass is 10.2. The molecule has 2 unspecified atom stereocenters. The predicted molar refractivity (Wildman–Crippen MR) is 61.4 cm³/mol. The van der Waals surface area contributed by atoms with Gasteiger partial charge in [0.05, 0.1) is 18.1 Å². The molecule has 1 amide bonds. The molecule has 1 aromatic heterocycles. The van der Waals surface area contributed by atoms with Crippen LogP contribution in [0.3, 0.4) is 0 Å². The fourth-order valence-electron chi connectivity index (χ4n) is 1.09. The van der Waals surface area contributed by atoms with Crippen LogP contribution in [0.25, 0.3) is 0 Å². The van der Waals surface area contributed by atoms with Gasteiger partial charge in [-0.2, -0.15) is 0 Å². The van der Waals surface area contributed by atoms with Crippen LogP contribution in [-0.4, -0.2) is 17.2 Å². The van der Waals surface area contributed by atoms with Gasteiger partial charge in [0.2, 0.25) is 5.91 Å². The quantitative estimate of drug-likeness (QED) is 0.788. The third-order valence-corrected chi connectivity index (χ3v) is 3.53. The van der Waals surface area contributed by atoms with E-state index < -0.39 is 11.9 Å². The maximum atomic E-state index is 10.8. The van der Waals surface area contributed by atoms with E-state index in [1.807, 2.05) is 19.9 Å². The number of nitrogens with two attached hydrogens (primary N) is 2. The average molecular weight is 228 g/mol. The molecule has 1 aromatic rings. The van der Waals surface area contributed by atoms with E-state index in [2.05, 4.69) is 0 Å². The van der Waals surface area contributed by atoms with Crippen molar-refractivity contribution < 1.29 is 9.21 Å². The summed E-state index contributed by atoms with van der Waals surface area (Å²) in [6.45, 7) is 3.87. The van der Waals surface area contributed by atoms with E-state index >= 15 is 0 Å². The van der Waals surface area contributed by atoms with E-state index in [1.54, 1.807) is 18.0 Å². The molecule has 0 aliphatic carbocycles. The number of amides is 1. The van der Waals surface area contributed by atoms with Crippen molar-refractivity contribution >= 4 is 17.7 Å². The highest BCUT2D eigenvalue weighted by molar-refractivity contribution is 7.99. The predicted octanol–water partition coefficient (Wildman–Crippen LogP) is 1.02. The van der Waals surface area contributed by atoms with Crippen molar-refractivity contribution in [3.63, 3.8) is 0 Å². The Morgan fingerprint density at radius 3 is 2.80 bits per heavy atom. The first kappa shape index (κ1) is 12.1. The summed E-state index contributed by atoms with van der Waals surface area (Å²) < 4.78 is 5.28. The van der Waals surface area contributed by atoms with Crippen molar-refractivity contribution in [1.29, 1.82) is 0 Å². The highest BCUT2D eigenvalue weighted by Gasteiger charge is 2.19. The summed E-state index contributed by atoms with van der Waals surface area (Å²) in [7, 11) is 0. The van der Waals surface area contributed by atoms with Gasteiger partial charge in [0.15, 0.2) is 0 Å². The molecular formula is C10H16N2O2S. The zero-order valence-electron chi connectivity index (χ0n) is 8.90. The number of thioether (sulfide) groups is 1. The number of carbonyl (C=O) groups is 1. The van der Waals surface area contributed by atoms with Crippen LogP contribution in [0.15, 0.2) is 16.7 Å². The zero-order valence-corrected chi connectivity index (χ0v) is 9.71. The minimum Gasteiger partial charge on any atom is -0.468 e. The summed E-state index contributed by atoms with van der Waals surface area (Å²) in [6, 6.07) is 1.31. The average Bonchev–Trinajstić information content (AvgIpc) is 2.59. The lowest BCUT2D eigenvalue weighted by molar-refractivity contribution is -0.119.